The molecule has 5 N–H and O–H groups in total. The second kappa shape index (κ2) is 4.84. The second-order valence-corrected chi connectivity index (χ2v) is 3.80. The van der Waals surface area contributed by atoms with E-state index in [1.165, 1.54) is 0 Å². The maximum Gasteiger partial charge on any atom is 0.320 e. The average Bonchev–Trinajstić information content (AvgIpc) is 2.78. The van der Waals surface area contributed by atoms with E-state index in [2.05, 4.69) is 15.5 Å². The summed E-state index contributed by atoms with van der Waals surface area (Å²) < 4.78 is 5.27. The van der Waals surface area contributed by atoms with E-state index in [9.17, 15) is 4.79 Å². The Balaban J connectivity index is 2.17. The van der Waals surface area contributed by atoms with Crippen LogP contribution in [0.2, 0.25) is 0 Å². The van der Waals surface area contributed by atoms with Gasteiger partial charge in [0.2, 0.25) is 11.8 Å². The van der Waals surface area contributed by atoms with Crippen molar-refractivity contribution in [2.75, 3.05) is 5.32 Å². The maximum atomic E-state index is 11.0. The third kappa shape index (κ3) is 2.64. The number of aromatic nitrogens is 2. The van der Waals surface area contributed by atoms with Gasteiger partial charge >= 0.3 is 6.01 Å². The number of nitrogens with two attached hydrogens (primary N) is 2. The predicted octanol–water partition coefficient (Wildman–Crippen LogP) is 0.932. The van der Waals surface area contributed by atoms with Crippen LogP contribution in [0.4, 0.5) is 11.7 Å². The fraction of sp³-hybridized carbons (Fsp3) is 0.182. The number of benzene rings is 1. The Bertz CT molecular complexity index is 564. The van der Waals surface area contributed by atoms with E-state index in [-0.39, 0.29) is 12.1 Å². The molecule has 1 unspecified atom stereocenters. The van der Waals surface area contributed by atoms with Crippen molar-refractivity contribution in [1.29, 1.82) is 0 Å². The first-order chi connectivity index (χ1) is 8.56. The van der Waals surface area contributed by atoms with Crippen molar-refractivity contribution in [3.8, 4) is 0 Å². The van der Waals surface area contributed by atoms with E-state index >= 15 is 0 Å². The number of rotatable bonds is 4. The number of hydrogen-bond acceptors (Lipinski definition) is 6. The van der Waals surface area contributed by atoms with Crippen LogP contribution in [0.1, 0.15) is 29.2 Å². The minimum absolute atomic E-state index is 0.212. The van der Waals surface area contributed by atoms with Gasteiger partial charge < -0.3 is 21.2 Å². The summed E-state index contributed by atoms with van der Waals surface area (Å²) in [6.07, 6.45) is 0. The molecule has 2 rings (SSSR count). The normalized spacial score (nSPS) is 12.1. The topological polar surface area (TPSA) is 120 Å². The smallest absolute Gasteiger partial charge is 0.320 e. The van der Waals surface area contributed by atoms with Gasteiger partial charge in [0.05, 0.1) is 6.04 Å². The highest BCUT2D eigenvalue weighted by atomic mass is 16.4. The summed E-state index contributed by atoms with van der Waals surface area (Å²) in [4.78, 5) is 11.0. The lowest BCUT2D eigenvalue weighted by molar-refractivity contribution is 0.100. The summed E-state index contributed by atoms with van der Waals surface area (Å²) in [6.45, 7) is 1.74. The van der Waals surface area contributed by atoms with Gasteiger partial charge in [0.25, 0.3) is 0 Å². The zero-order chi connectivity index (χ0) is 13.1. The fourth-order valence-electron chi connectivity index (χ4n) is 1.34. The molecule has 0 aliphatic rings. The molecule has 1 amide bonds. The number of nitrogens with zero attached hydrogens (tertiary/aromatic N) is 2. The summed E-state index contributed by atoms with van der Waals surface area (Å²) in [5, 5.41) is 10.4. The standard InChI is InChI=1S/C11H13N5O2/c1-6(12)10-15-16-11(18-10)14-8-4-2-3-7(5-8)9(13)17/h2-6H,12H2,1H3,(H2,13,17)(H,14,16). The van der Waals surface area contributed by atoms with Gasteiger partial charge in [-0.1, -0.05) is 11.2 Å². The fourth-order valence-corrected chi connectivity index (χ4v) is 1.34. The molecule has 0 aliphatic carbocycles. The van der Waals surface area contributed by atoms with Crippen LogP contribution in [0, 0.1) is 0 Å². The molecule has 7 heteroatoms. The maximum absolute atomic E-state index is 11.0. The van der Waals surface area contributed by atoms with Crippen LogP contribution >= 0.6 is 0 Å². The quantitative estimate of drug-likeness (QED) is 0.739. The van der Waals surface area contributed by atoms with Crippen molar-refractivity contribution in [3.05, 3.63) is 35.7 Å². The molecular weight excluding hydrogens is 234 g/mol. The van der Waals surface area contributed by atoms with Gasteiger partial charge in [-0.3, -0.25) is 4.79 Å². The highest BCUT2D eigenvalue weighted by molar-refractivity contribution is 5.93. The molecule has 1 aromatic carbocycles. The molecule has 0 saturated heterocycles. The lowest BCUT2D eigenvalue weighted by Gasteiger charge is -2.02. The minimum atomic E-state index is -0.500. The number of carbonyl (C=O) groups excluding carboxylic acids is 1. The first-order valence-corrected chi connectivity index (χ1v) is 5.32. The Morgan fingerprint density at radius 3 is 2.83 bits per heavy atom. The third-order valence-corrected chi connectivity index (χ3v) is 2.23. The molecule has 1 aromatic heterocycles. The average molecular weight is 247 g/mol. The summed E-state index contributed by atoms with van der Waals surface area (Å²) in [7, 11) is 0. The molecule has 0 saturated carbocycles. The van der Waals surface area contributed by atoms with Crippen LogP contribution in [0.5, 0.6) is 0 Å². The summed E-state index contributed by atoms with van der Waals surface area (Å²) in [6, 6.07) is 6.55. The van der Waals surface area contributed by atoms with Crippen molar-refractivity contribution in [3.63, 3.8) is 0 Å². The molecular formula is C11H13N5O2. The lowest BCUT2D eigenvalue weighted by Crippen LogP contribution is -2.10. The molecule has 0 fully saturated rings. The Morgan fingerprint density at radius 2 is 2.22 bits per heavy atom. The molecule has 0 aliphatic heterocycles. The molecule has 0 radical (unpaired) electrons. The van der Waals surface area contributed by atoms with Gasteiger partial charge in [-0.05, 0) is 25.1 Å². The van der Waals surface area contributed by atoms with E-state index in [0.717, 1.165) is 0 Å². The Labute approximate surface area is 103 Å². The summed E-state index contributed by atoms with van der Waals surface area (Å²) in [5.74, 6) is -0.163. The van der Waals surface area contributed by atoms with Crippen LogP contribution < -0.4 is 16.8 Å². The van der Waals surface area contributed by atoms with Crippen molar-refractivity contribution in [1.82, 2.24) is 10.2 Å². The summed E-state index contributed by atoms with van der Waals surface area (Å²) >= 11 is 0. The highest BCUT2D eigenvalue weighted by Crippen LogP contribution is 2.18. The van der Waals surface area contributed by atoms with E-state index in [1.54, 1.807) is 31.2 Å². The van der Waals surface area contributed by atoms with Gasteiger partial charge in [-0.15, -0.1) is 5.10 Å². The van der Waals surface area contributed by atoms with E-state index in [0.29, 0.717) is 17.1 Å². The second-order valence-electron chi connectivity index (χ2n) is 3.80. The Morgan fingerprint density at radius 1 is 1.44 bits per heavy atom. The molecule has 0 bridgehead atoms. The van der Waals surface area contributed by atoms with E-state index in [1.807, 2.05) is 0 Å². The number of carbonyl (C=O) groups is 1. The third-order valence-electron chi connectivity index (χ3n) is 2.23. The van der Waals surface area contributed by atoms with Gasteiger partial charge in [-0.25, -0.2) is 0 Å². The largest absolute Gasteiger partial charge is 0.406 e. The number of amides is 1. The van der Waals surface area contributed by atoms with Crippen LogP contribution in [-0.4, -0.2) is 16.1 Å². The molecule has 1 atom stereocenters. The number of primary amides is 1. The van der Waals surface area contributed by atoms with Gasteiger partial charge in [-0.2, -0.15) is 0 Å². The Kier molecular flexibility index (Phi) is 3.24. The van der Waals surface area contributed by atoms with Crippen molar-refractivity contribution in [2.45, 2.75) is 13.0 Å². The monoisotopic (exact) mass is 247 g/mol. The summed E-state index contributed by atoms with van der Waals surface area (Å²) in [5.41, 5.74) is 11.8. The Hall–Kier alpha value is -2.41. The molecule has 18 heavy (non-hydrogen) atoms. The van der Waals surface area contributed by atoms with Gasteiger partial charge in [0, 0.05) is 11.3 Å². The van der Waals surface area contributed by atoms with Crippen LogP contribution in [-0.2, 0) is 0 Å². The number of hydrogen-bond donors (Lipinski definition) is 3. The minimum Gasteiger partial charge on any atom is -0.406 e. The first-order valence-electron chi connectivity index (χ1n) is 5.32. The van der Waals surface area contributed by atoms with Crippen LogP contribution in [0.15, 0.2) is 28.7 Å². The number of anilines is 2. The SMILES string of the molecule is CC(N)c1nnc(Nc2cccc(C(N)=O)c2)o1. The zero-order valence-corrected chi connectivity index (χ0v) is 9.75. The highest BCUT2D eigenvalue weighted by Gasteiger charge is 2.10. The van der Waals surface area contributed by atoms with Crippen molar-refractivity contribution < 1.29 is 9.21 Å². The molecule has 94 valence electrons. The van der Waals surface area contributed by atoms with Crippen LogP contribution in [0.25, 0.3) is 0 Å². The predicted molar refractivity (Wildman–Crippen MR) is 65.1 cm³/mol. The first kappa shape index (κ1) is 12.1. The van der Waals surface area contributed by atoms with Gasteiger partial charge in [0.15, 0.2) is 0 Å². The molecule has 2 aromatic rings. The lowest BCUT2D eigenvalue weighted by atomic mass is 10.2. The van der Waals surface area contributed by atoms with Gasteiger partial charge in [0.1, 0.15) is 0 Å². The molecule has 0 spiro atoms. The van der Waals surface area contributed by atoms with Crippen molar-refractivity contribution in [2.24, 2.45) is 11.5 Å². The van der Waals surface area contributed by atoms with E-state index in [4.69, 9.17) is 15.9 Å². The number of nitrogens with one attached hydrogen (secondary N) is 1. The van der Waals surface area contributed by atoms with Crippen LogP contribution in [0.3, 0.4) is 0 Å². The van der Waals surface area contributed by atoms with Crippen molar-refractivity contribution >= 4 is 17.6 Å². The molecule has 1 heterocycles. The zero-order valence-electron chi connectivity index (χ0n) is 9.75. The molecule has 7 nitrogen and oxygen atoms in total. The van der Waals surface area contributed by atoms with E-state index < -0.39 is 5.91 Å².